The summed E-state index contributed by atoms with van der Waals surface area (Å²) in [5, 5.41) is 14.7. The number of rotatable bonds is 4. The fourth-order valence-corrected chi connectivity index (χ4v) is 2.27. The molecule has 1 fully saturated rings. The lowest BCUT2D eigenvalue weighted by molar-refractivity contribution is -0.142. The third-order valence-electron chi connectivity index (χ3n) is 3.57. The summed E-state index contributed by atoms with van der Waals surface area (Å²) in [6.07, 6.45) is 3.75. The number of carboxylic acid groups (broad SMARTS) is 1. The van der Waals surface area contributed by atoms with Gasteiger partial charge in [0.2, 0.25) is 0 Å². The Labute approximate surface area is 115 Å². The smallest absolute Gasteiger partial charge is 0.315 e. The molecule has 5 heteroatoms. The molecule has 0 aromatic rings. The Hall–Kier alpha value is -1.26. The molecule has 0 radical (unpaired) electrons. The Morgan fingerprint density at radius 2 is 1.74 bits per heavy atom. The zero-order chi connectivity index (χ0) is 14.5. The number of carboxylic acids is 1. The third-order valence-corrected chi connectivity index (χ3v) is 3.57. The van der Waals surface area contributed by atoms with E-state index in [1.54, 1.807) is 0 Å². The van der Waals surface area contributed by atoms with E-state index in [0.717, 1.165) is 19.3 Å². The van der Waals surface area contributed by atoms with Gasteiger partial charge in [0.25, 0.3) is 0 Å². The minimum atomic E-state index is -0.715. The number of carbonyl (C=O) groups is 2. The first-order valence-corrected chi connectivity index (χ1v) is 7.05. The van der Waals surface area contributed by atoms with Gasteiger partial charge in [-0.3, -0.25) is 4.79 Å². The second-order valence-corrected chi connectivity index (χ2v) is 6.60. The summed E-state index contributed by atoms with van der Waals surface area (Å²) in [5.41, 5.74) is 0.215. The second-order valence-electron chi connectivity index (χ2n) is 6.60. The van der Waals surface area contributed by atoms with Crippen molar-refractivity contribution in [3.63, 3.8) is 0 Å². The maximum atomic E-state index is 11.7. The molecule has 0 aromatic heterocycles. The Morgan fingerprint density at radius 1 is 1.16 bits per heavy atom. The Morgan fingerprint density at radius 3 is 2.21 bits per heavy atom. The number of hydrogen-bond donors (Lipinski definition) is 3. The van der Waals surface area contributed by atoms with E-state index in [1.165, 1.54) is 0 Å². The van der Waals surface area contributed by atoms with Crippen LogP contribution in [0.15, 0.2) is 0 Å². The average molecular weight is 270 g/mol. The van der Waals surface area contributed by atoms with Gasteiger partial charge in [-0.25, -0.2) is 4.79 Å². The maximum absolute atomic E-state index is 11.7. The van der Waals surface area contributed by atoms with Crippen molar-refractivity contribution in [1.29, 1.82) is 0 Å². The summed E-state index contributed by atoms with van der Waals surface area (Å²) in [4.78, 5) is 22.5. The van der Waals surface area contributed by atoms with E-state index < -0.39 is 5.97 Å². The van der Waals surface area contributed by atoms with Crippen molar-refractivity contribution in [3.8, 4) is 0 Å². The molecule has 0 atom stereocenters. The van der Waals surface area contributed by atoms with Crippen LogP contribution in [0.1, 0.15) is 52.9 Å². The fraction of sp³-hybridized carbons (Fsp3) is 0.857. The topological polar surface area (TPSA) is 78.4 Å². The largest absolute Gasteiger partial charge is 0.481 e. The number of aliphatic carboxylic acids is 1. The van der Waals surface area contributed by atoms with Crippen LogP contribution in [0, 0.1) is 11.3 Å². The van der Waals surface area contributed by atoms with Crippen molar-refractivity contribution in [2.45, 2.75) is 58.9 Å². The molecule has 5 nitrogen and oxygen atoms in total. The van der Waals surface area contributed by atoms with Gasteiger partial charge in [-0.1, -0.05) is 20.8 Å². The van der Waals surface area contributed by atoms with Gasteiger partial charge >= 0.3 is 12.0 Å². The molecular formula is C14H26N2O3. The number of hydrogen-bond acceptors (Lipinski definition) is 2. The van der Waals surface area contributed by atoms with Gasteiger partial charge in [-0.15, -0.1) is 0 Å². The van der Waals surface area contributed by atoms with Crippen molar-refractivity contribution < 1.29 is 14.7 Å². The molecular weight excluding hydrogens is 244 g/mol. The van der Waals surface area contributed by atoms with E-state index >= 15 is 0 Å². The fourth-order valence-electron chi connectivity index (χ4n) is 2.27. The molecule has 0 unspecified atom stereocenters. The molecule has 0 aliphatic heterocycles. The normalized spacial score (nSPS) is 23.7. The summed E-state index contributed by atoms with van der Waals surface area (Å²) < 4.78 is 0. The molecule has 3 N–H and O–H groups in total. The minimum absolute atomic E-state index is 0.116. The molecule has 0 spiro atoms. The van der Waals surface area contributed by atoms with Gasteiger partial charge in [0.1, 0.15) is 0 Å². The first-order valence-electron chi connectivity index (χ1n) is 7.05. The molecule has 1 rings (SSSR count). The molecule has 110 valence electrons. The predicted octanol–water partition coefficient (Wildman–Crippen LogP) is 2.37. The standard InChI is InChI=1S/C14H26N2O3/c1-14(2,3)8-9-15-13(19)16-11-6-4-10(5-7-11)12(17)18/h10-11H,4-9H2,1-3H3,(H,17,18)(H2,15,16,19). The zero-order valence-corrected chi connectivity index (χ0v) is 12.2. The van der Waals surface area contributed by atoms with E-state index in [1.807, 2.05) is 0 Å². The Bertz CT molecular complexity index is 315. The molecule has 19 heavy (non-hydrogen) atoms. The van der Waals surface area contributed by atoms with E-state index in [4.69, 9.17) is 5.11 Å². The average Bonchev–Trinajstić information content (AvgIpc) is 2.27. The van der Waals surface area contributed by atoms with Gasteiger partial charge in [0.15, 0.2) is 0 Å². The van der Waals surface area contributed by atoms with Crippen LogP contribution in [0.3, 0.4) is 0 Å². The zero-order valence-electron chi connectivity index (χ0n) is 12.2. The van der Waals surface area contributed by atoms with Crippen LogP contribution in [0.25, 0.3) is 0 Å². The summed E-state index contributed by atoms with van der Waals surface area (Å²) in [5.74, 6) is -0.949. The highest BCUT2D eigenvalue weighted by molar-refractivity contribution is 5.74. The van der Waals surface area contributed by atoms with Gasteiger partial charge in [0.05, 0.1) is 5.92 Å². The van der Waals surface area contributed by atoms with Gasteiger partial charge in [0, 0.05) is 12.6 Å². The van der Waals surface area contributed by atoms with Crippen LogP contribution in [-0.2, 0) is 4.79 Å². The summed E-state index contributed by atoms with van der Waals surface area (Å²) in [7, 11) is 0. The van der Waals surface area contributed by atoms with Crippen LogP contribution < -0.4 is 10.6 Å². The Kier molecular flexibility index (Phi) is 5.63. The first-order chi connectivity index (χ1) is 8.78. The lowest BCUT2D eigenvalue weighted by Crippen LogP contribution is -2.44. The molecule has 0 heterocycles. The van der Waals surface area contributed by atoms with E-state index in [2.05, 4.69) is 31.4 Å². The van der Waals surface area contributed by atoms with Crippen molar-refractivity contribution in [2.24, 2.45) is 11.3 Å². The summed E-state index contributed by atoms with van der Waals surface area (Å²) in [6, 6.07) is -0.0201. The third kappa shape index (κ3) is 6.45. The van der Waals surface area contributed by atoms with E-state index in [0.29, 0.717) is 19.4 Å². The van der Waals surface area contributed by atoms with Crippen molar-refractivity contribution in [2.75, 3.05) is 6.54 Å². The molecule has 0 bridgehead atoms. The quantitative estimate of drug-likeness (QED) is 0.733. The molecule has 0 aromatic carbocycles. The van der Waals surface area contributed by atoms with Crippen LogP contribution in [0.5, 0.6) is 0 Å². The minimum Gasteiger partial charge on any atom is -0.481 e. The summed E-state index contributed by atoms with van der Waals surface area (Å²) >= 11 is 0. The Balaban J connectivity index is 2.18. The van der Waals surface area contributed by atoms with Crippen LogP contribution in [0.2, 0.25) is 0 Å². The van der Waals surface area contributed by atoms with Gasteiger partial charge < -0.3 is 15.7 Å². The van der Waals surface area contributed by atoms with Crippen molar-refractivity contribution in [3.05, 3.63) is 0 Å². The molecule has 2 amide bonds. The molecule has 1 aliphatic rings. The predicted molar refractivity (Wildman–Crippen MR) is 74.0 cm³/mol. The maximum Gasteiger partial charge on any atom is 0.315 e. The van der Waals surface area contributed by atoms with Gasteiger partial charge in [-0.05, 0) is 37.5 Å². The highest BCUT2D eigenvalue weighted by atomic mass is 16.4. The van der Waals surface area contributed by atoms with Crippen LogP contribution in [0.4, 0.5) is 4.79 Å². The number of carbonyl (C=O) groups excluding carboxylic acids is 1. The number of urea groups is 1. The van der Waals surface area contributed by atoms with Crippen LogP contribution in [-0.4, -0.2) is 29.7 Å². The lowest BCUT2D eigenvalue weighted by atomic mass is 9.86. The monoisotopic (exact) mass is 270 g/mol. The summed E-state index contributed by atoms with van der Waals surface area (Å²) in [6.45, 7) is 7.08. The first kappa shape index (κ1) is 15.8. The van der Waals surface area contributed by atoms with Crippen molar-refractivity contribution >= 4 is 12.0 Å². The number of amides is 2. The highest BCUT2D eigenvalue weighted by Gasteiger charge is 2.26. The lowest BCUT2D eigenvalue weighted by Gasteiger charge is -2.27. The second kappa shape index (κ2) is 6.78. The van der Waals surface area contributed by atoms with E-state index in [9.17, 15) is 9.59 Å². The highest BCUT2D eigenvalue weighted by Crippen LogP contribution is 2.24. The molecule has 0 saturated heterocycles. The van der Waals surface area contributed by atoms with Crippen molar-refractivity contribution in [1.82, 2.24) is 10.6 Å². The van der Waals surface area contributed by atoms with E-state index in [-0.39, 0.29) is 23.4 Å². The van der Waals surface area contributed by atoms with Gasteiger partial charge in [-0.2, -0.15) is 0 Å². The SMILES string of the molecule is CC(C)(C)CCNC(=O)NC1CCC(C(=O)O)CC1. The number of nitrogens with one attached hydrogen (secondary N) is 2. The van der Waals surface area contributed by atoms with Crippen LogP contribution >= 0.6 is 0 Å². The molecule has 1 saturated carbocycles. The molecule has 1 aliphatic carbocycles.